The first-order chi connectivity index (χ1) is 8.93. The highest BCUT2D eigenvalue weighted by molar-refractivity contribution is 5.75. The number of hydrogen-bond acceptors (Lipinski definition) is 3. The molecule has 2 rings (SSSR count). The molecule has 3 nitrogen and oxygen atoms in total. The van der Waals surface area contributed by atoms with E-state index in [1.165, 1.54) is 30.5 Å². The van der Waals surface area contributed by atoms with Gasteiger partial charge in [0.05, 0.1) is 23.6 Å². The Hall–Kier alpha value is -2.08. The van der Waals surface area contributed by atoms with E-state index in [4.69, 9.17) is 10.8 Å². The fourth-order valence-corrected chi connectivity index (χ4v) is 1.78. The van der Waals surface area contributed by atoms with Crippen molar-refractivity contribution in [1.29, 1.82) is 0 Å². The van der Waals surface area contributed by atoms with Crippen molar-refractivity contribution in [2.75, 3.05) is 5.73 Å². The van der Waals surface area contributed by atoms with Gasteiger partial charge in [0.15, 0.2) is 0 Å². The van der Waals surface area contributed by atoms with Gasteiger partial charge in [0, 0.05) is 11.8 Å². The quantitative estimate of drug-likeness (QED) is 0.880. The number of nitrogen functional groups attached to an aromatic ring is 1. The van der Waals surface area contributed by atoms with Crippen LogP contribution in [0.5, 0.6) is 0 Å². The molecule has 19 heavy (non-hydrogen) atoms. The Morgan fingerprint density at radius 1 is 1.21 bits per heavy atom. The van der Waals surface area contributed by atoms with Crippen LogP contribution in [0.25, 0.3) is 11.3 Å². The minimum Gasteiger partial charge on any atom is -0.397 e. The number of aliphatic hydroxyl groups excluding tert-OH is 1. The molecule has 3 N–H and O–H groups in total. The molecule has 0 saturated heterocycles. The van der Waals surface area contributed by atoms with E-state index in [0.717, 1.165) is 6.07 Å². The second-order valence-electron chi connectivity index (χ2n) is 3.98. The molecule has 2 aromatic rings. The molecular formula is C13H11F3N2O. The molecule has 0 bridgehead atoms. The Morgan fingerprint density at radius 3 is 2.47 bits per heavy atom. The Bertz CT molecular complexity index is 597. The lowest BCUT2D eigenvalue weighted by molar-refractivity contribution is -0.137. The Kier molecular flexibility index (Phi) is 3.44. The summed E-state index contributed by atoms with van der Waals surface area (Å²) in [4.78, 5) is 3.91. The van der Waals surface area contributed by atoms with Crippen LogP contribution in [-0.4, -0.2) is 10.1 Å². The van der Waals surface area contributed by atoms with Gasteiger partial charge in [0.2, 0.25) is 0 Å². The van der Waals surface area contributed by atoms with Gasteiger partial charge in [-0.2, -0.15) is 13.2 Å². The second kappa shape index (κ2) is 4.89. The van der Waals surface area contributed by atoms with Crippen LogP contribution < -0.4 is 5.73 Å². The summed E-state index contributed by atoms with van der Waals surface area (Å²) >= 11 is 0. The van der Waals surface area contributed by atoms with Crippen molar-refractivity contribution in [3.05, 3.63) is 47.7 Å². The van der Waals surface area contributed by atoms with Gasteiger partial charge < -0.3 is 10.8 Å². The molecular weight excluding hydrogens is 257 g/mol. The maximum Gasteiger partial charge on any atom is 0.417 e. The van der Waals surface area contributed by atoms with E-state index in [1.54, 1.807) is 0 Å². The first kappa shape index (κ1) is 13.4. The van der Waals surface area contributed by atoms with Crippen LogP contribution >= 0.6 is 0 Å². The largest absolute Gasteiger partial charge is 0.417 e. The number of aliphatic hydroxyl groups is 1. The van der Waals surface area contributed by atoms with Gasteiger partial charge in [-0.05, 0) is 17.7 Å². The van der Waals surface area contributed by atoms with Gasteiger partial charge in [-0.3, -0.25) is 4.98 Å². The zero-order valence-electron chi connectivity index (χ0n) is 9.78. The normalized spacial score (nSPS) is 11.6. The van der Waals surface area contributed by atoms with Crippen molar-refractivity contribution < 1.29 is 18.3 Å². The monoisotopic (exact) mass is 268 g/mol. The predicted molar refractivity (Wildman–Crippen MR) is 65.0 cm³/mol. The Balaban J connectivity index is 2.60. The van der Waals surface area contributed by atoms with Crippen molar-refractivity contribution in [2.45, 2.75) is 12.8 Å². The zero-order chi connectivity index (χ0) is 14.0. The van der Waals surface area contributed by atoms with Gasteiger partial charge in [-0.25, -0.2) is 0 Å². The average Bonchev–Trinajstić information content (AvgIpc) is 2.37. The lowest BCUT2D eigenvalue weighted by Gasteiger charge is -2.13. The topological polar surface area (TPSA) is 59.1 Å². The molecule has 0 atom stereocenters. The minimum absolute atomic E-state index is 0.0603. The maximum absolute atomic E-state index is 12.9. The predicted octanol–water partition coefficient (Wildman–Crippen LogP) is 2.84. The molecule has 100 valence electrons. The number of nitrogens with zero attached hydrogens (tertiary/aromatic N) is 1. The SMILES string of the molecule is Nc1cc(CO)cnc1-c1ccccc1C(F)(F)F. The molecule has 0 amide bonds. The third kappa shape index (κ3) is 2.68. The van der Waals surface area contributed by atoms with Crippen molar-refractivity contribution in [3.8, 4) is 11.3 Å². The van der Waals surface area contributed by atoms with E-state index in [1.807, 2.05) is 0 Å². The molecule has 0 radical (unpaired) electrons. The first-order valence-electron chi connectivity index (χ1n) is 5.45. The standard InChI is InChI=1S/C13H11F3N2O/c14-13(15,16)10-4-2-1-3-9(10)12-11(17)5-8(7-19)6-18-12/h1-6,19H,7,17H2. The summed E-state index contributed by atoms with van der Waals surface area (Å²) in [6, 6.07) is 6.52. The van der Waals surface area contributed by atoms with E-state index in [0.29, 0.717) is 5.56 Å². The van der Waals surface area contributed by atoms with E-state index >= 15 is 0 Å². The third-order valence-electron chi connectivity index (χ3n) is 2.64. The molecule has 0 fully saturated rings. The molecule has 1 heterocycles. The van der Waals surface area contributed by atoms with Crippen molar-refractivity contribution >= 4 is 5.69 Å². The van der Waals surface area contributed by atoms with Crippen LogP contribution in [0.2, 0.25) is 0 Å². The smallest absolute Gasteiger partial charge is 0.397 e. The summed E-state index contributed by atoms with van der Waals surface area (Å²) in [5.41, 5.74) is 5.45. The van der Waals surface area contributed by atoms with Gasteiger partial charge in [-0.15, -0.1) is 0 Å². The number of aromatic nitrogens is 1. The van der Waals surface area contributed by atoms with E-state index < -0.39 is 11.7 Å². The molecule has 0 saturated carbocycles. The molecule has 0 spiro atoms. The first-order valence-corrected chi connectivity index (χ1v) is 5.45. The molecule has 1 aromatic carbocycles. The highest BCUT2D eigenvalue weighted by Gasteiger charge is 2.34. The van der Waals surface area contributed by atoms with E-state index in [2.05, 4.69) is 4.98 Å². The lowest BCUT2D eigenvalue weighted by atomic mass is 10.0. The fourth-order valence-electron chi connectivity index (χ4n) is 1.78. The fraction of sp³-hybridized carbons (Fsp3) is 0.154. The van der Waals surface area contributed by atoms with Crippen LogP contribution in [0.3, 0.4) is 0 Å². The Labute approximate surface area is 107 Å². The molecule has 0 unspecified atom stereocenters. The number of hydrogen-bond donors (Lipinski definition) is 2. The summed E-state index contributed by atoms with van der Waals surface area (Å²) in [5.74, 6) is 0. The Morgan fingerprint density at radius 2 is 1.89 bits per heavy atom. The minimum atomic E-state index is -4.47. The van der Waals surface area contributed by atoms with Crippen LogP contribution in [0.1, 0.15) is 11.1 Å². The number of halogens is 3. The van der Waals surface area contributed by atoms with Gasteiger partial charge in [0.1, 0.15) is 0 Å². The van der Waals surface area contributed by atoms with Crippen molar-refractivity contribution in [2.24, 2.45) is 0 Å². The zero-order valence-corrected chi connectivity index (χ0v) is 9.78. The van der Waals surface area contributed by atoms with Crippen LogP contribution in [-0.2, 0) is 12.8 Å². The summed E-state index contributed by atoms with van der Waals surface area (Å²) in [5, 5.41) is 8.93. The number of benzene rings is 1. The number of pyridine rings is 1. The number of rotatable bonds is 2. The van der Waals surface area contributed by atoms with Crippen LogP contribution in [0.4, 0.5) is 18.9 Å². The molecule has 0 aliphatic heterocycles. The van der Waals surface area contributed by atoms with Crippen LogP contribution in [0, 0.1) is 0 Å². The summed E-state index contributed by atoms with van der Waals surface area (Å²) in [7, 11) is 0. The van der Waals surface area contributed by atoms with Crippen molar-refractivity contribution in [3.63, 3.8) is 0 Å². The number of nitrogens with two attached hydrogens (primary N) is 1. The van der Waals surface area contributed by atoms with Gasteiger partial charge in [0.25, 0.3) is 0 Å². The van der Waals surface area contributed by atoms with Crippen LogP contribution in [0.15, 0.2) is 36.5 Å². The highest BCUT2D eigenvalue weighted by atomic mass is 19.4. The van der Waals surface area contributed by atoms with Gasteiger partial charge in [-0.1, -0.05) is 18.2 Å². The average molecular weight is 268 g/mol. The summed E-state index contributed by atoms with van der Waals surface area (Å²) in [6.07, 6.45) is -3.17. The molecule has 1 aromatic heterocycles. The van der Waals surface area contributed by atoms with E-state index in [9.17, 15) is 13.2 Å². The molecule has 6 heteroatoms. The molecule has 0 aliphatic carbocycles. The number of anilines is 1. The van der Waals surface area contributed by atoms with Gasteiger partial charge >= 0.3 is 6.18 Å². The van der Waals surface area contributed by atoms with E-state index in [-0.39, 0.29) is 23.6 Å². The third-order valence-corrected chi connectivity index (χ3v) is 2.64. The number of alkyl halides is 3. The summed E-state index contributed by atoms with van der Waals surface area (Å²) in [6.45, 7) is -0.265. The highest BCUT2D eigenvalue weighted by Crippen LogP contribution is 2.37. The van der Waals surface area contributed by atoms with Crippen molar-refractivity contribution in [1.82, 2.24) is 4.98 Å². The molecule has 0 aliphatic rings. The maximum atomic E-state index is 12.9. The summed E-state index contributed by atoms with van der Waals surface area (Å²) < 4.78 is 38.7. The second-order valence-corrected chi connectivity index (χ2v) is 3.98. The lowest BCUT2D eigenvalue weighted by Crippen LogP contribution is -2.08.